The number of piperidine rings is 1. The first-order valence-corrected chi connectivity index (χ1v) is 12.2. The van der Waals surface area contributed by atoms with Crippen molar-refractivity contribution in [2.45, 2.75) is 51.7 Å². The summed E-state index contributed by atoms with van der Waals surface area (Å²) in [5.74, 6) is 1.42. The van der Waals surface area contributed by atoms with E-state index in [1.165, 1.54) is 11.1 Å². The molecular formula is C27H37IN4O2. The van der Waals surface area contributed by atoms with E-state index >= 15 is 0 Å². The zero-order valence-electron chi connectivity index (χ0n) is 20.3. The molecule has 2 fully saturated rings. The summed E-state index contributed by atoms with van der Waals surface area (Å²) < 4.78 is 6.15. The summed E-state index contributed by atoms with van der Waals surface area (Å²) in [5.41, 5.74) is 4.67. The minimum atomic E-state index is 0. The highest BCUT2D eigenvalue weighted by atomic mass is 127. The summed E-state index contributed by atoms with van der Waals surface area (Å²) in [5, 5.41) is 6.91. The molecule has 34 heavy (non-hydrogen) atoms. The van der Waals surface area contributed by atoms with Gasteiger partial charge in [-0.2, -0.15) is 0 Å². The monoisotopic (exact) mass is 576 g/mol. The van der Waals surface area contributed by atoms with E-state index in [0.29, 0.717) is 18.9 Å². The molecule has 2 aromatic rings. The lowest BCUT2D eigenvalue weighted by Crippen LogP contribution is -2.41. The second kappa shape index (κ2) is 13.1. The van der Waals surface area contributed by atoms with Gasteiger partial charge in [-0.3, -0.25) is 9.79 Å². The summed E-state index contributed by atoms with van der Waals surface area (Å²) >= 11 is 0. The average molecular weight is 577 g/mol. The molecule has 2 saturated heterocycles. The first kappa shape index (κ1) is 26.5. The number of nitrogens with one attached hydrogen (secondary N) is 2. The standard InChI is InChI=1S/C27H36N4O2.HI/c1-20-8-12-22(13-9-20)26-23(6-5-17-33-26)19-30-27(28-2)29-18-21-10-14-24(15-11-21)31-16-4-3-7-25(31)32;/h8-15,23,26H,3-7,16-19H2,1-2H3,(H2,28,29,30);1H. The maximum atomic E-state index is 12.1. The number of guanidine groups is 1. The molecule has 184 valence electrons. The number of carbonyl (C=O) groups excluding carboxylic acids is 1. The number of ether oxygens (including phenoxy) is 1. The zero-order chi connectivity index (χ0) is 23.0. The highest BCUT2D eigenvalue weighted by Gasteiger charge is 2.27. The molecule has 0 radical (unpaired) electrons. The lowest BCUT2D eigenvalue weighted by Gasteiger charge is -2.32. The number of hydrogen-bond donors (Lipinski definition) is 2. The summed E-state index contributed by atoms with van der Waals surface area (Å²) in [7, 11) is 1.80. The van der Waals surface area contributed by atoms with Gasteiger partial charge in [-0.1, -0.05) is 42.0 Å². The number of nitrogens with zero attached hydrogens (tertiary/aromatic N) is 2. The van der Waals surface area contributed by atoms with Crippen molar-refractivity contribution in [1.29, 1.82) is 0 Å². The van der Waals surface area contributed by atoms with Crippen molar-refractivity contribution in [3.8, 4) is 0 Å². The van der Waals surface area contributed by atoms with Crippen LogP contribution in [0, 0.1) is 12.8 Å². The van der Waals surface area contributed by atoms with E-state index in [9.17, 15) is 4.79 Å². The maximum Gasteiger partial charge on any atom is 0.226 e. The van der Waals surface area contributed by atoms with Gasteiger partial charge in [0.15, 0.2) is 5.96 Å². The van der Waals surface area contributed by atoms with Crippen molar-refractivity contribution in [2.24, 2.45) is 10.9 Å². The molecule has 2 N–H and O–H groups in total. The van der Waals surface area contributed by atoms with E-state index in [-0.39, 0.29) is 36.0 Å². The molecule has 4 rings (SSSR count). The number of amides is 1. The number of hydrogen-bond acceptors (Lipinski definition) is 3. The van der Waals surface area contributed by atoms with Crippen LogP contribution in [0.1, 0.15) is 54.9 Å². The number of benzene rings is 2. The van der Waals surface area contributed by atoms with Crippen LogP contribution in [0.3, 0.4) is 0 Å². The fourth-order valence-corrected chi connectivity index (χ4v) is 4.68. The second-order valence-corrected chi connectivity index (χ2v) is 9.08. The maximum absolute atomic E-state index is 12.1. The van der Waals surface area contributed by atoms with Gasteiger partial charge in [-0.05, 0) is 55.9 Å². The van der Waals surface area contributed by atoms with Gasteiger partial charge >= 0.3 is 0 Å². The number of halogens is 1. The molecule has 0 bridgehead atoms. The van der Waals surface area contributed by atoms with Gasteiger partial charge < -0.3 is 20.3 Å². The molecular weight excluding hydrogens is 539 g/mol. The van der Waals surface area contributed by atoms with Crippen molar-refractivity contribution in [3.63, 3.8) is 0 Å². The van der Waals surface area contributed by atoms with E-state index < -0.39 is 0 Å². The number of carbonyl (C=O) groups is 1. The Balaban J connectivity index is 0.00000324. The Morgan fingerprint density at radius 2 is 1.82 bits per heavy atom. The topological polar surface area (TPSA) is 66.0 Å². The molecule has 0 saturated carbocycles. The smallest absolute Gasteiger partial charge is 0.226 e. The van der Waals surface area contributed by atoms with Crippen molar-refractivity contribution in [1.82, 2.24) is 10.6 Å². The Labute approximate surface area is 220 Å². The van der Waals surface area contributed by atoms with Crippen LogP contribution in [0.15, 0.2) is 53.5 Å². The molecule has 2 heterocycles. The van der Waals surface area contributed by atoms with Crippen LogP contribution in [0.25, 0.3) is 0 Å². The van der Waals surface area contributed by atoms with Gasteiger partial charge in [-0.15, -0.1) is 24.0 Å². The van der Waals surface area contributed by atoms with E-state index in [0.717, 1.165) is 62.6 Å². The van der Waals surface area contributed by atoms with Gasteiger partial charge in [0.05, 0.1) is 6.10 Å². The molecule has 2 atom stereocenters. The fraction of sp³-hybridized carbons (Fsp3) is 0.481. The minimum Gasteiger partial charge on any atom is -0.373 e. The van der Waals surface area contributed by atoms with Crippen LogP contribution in [-0.4, -0.2) is 38.6 Å². The van der Waals surface area contributed by atoms with Gasteiger partial charge in [0.2, 0.25) is 5.91 Å². The quantitative estimate of drug-likeness (QED) is 0.290. The Morgan fingerprint density at radius 3 is 2.53 bits per heavy atom. The largest absolute Gasteiger partial charge is 0.373 e. The van der Waals surface area contributed by atoms with Crippen LogP contribution in [0.5, 0.6) is 0 Å². The third-order valence-electron chi connectivity index (χ3n) is 6.64. The molecule has 0 aliphatic carbocycles. The Kier molecular flexibility index (Phi) is 10.2. The van der Waals surface area contributed by atoms with E-state index in [1.807, 2.05) is 17.0 Å². The summed E-state index contributed by atoms with van der Waals surface area (Å²) in [6.07, 6.45) is 5.08. The Morgan fingerprint density at radius 1 is 1.06 bits per heavy atom. The lowest BCUT2D eigenvalue weighted by atomic mass is 9.89. The third kappa shape index (κ3) is 6.95. The van der Waals surface area contributed by atoms with E-state index in [1.54, 1.807) is 7.05 Å². The zero-order valence-corrected chi connectivity index (χ0v) is 22.6. The highest BCUT2D eigenvalue weighted by molar-refractivity contribution is 14.0. The molecule has 1 amide bonds. The number of rotatable bonds is 6. The SMILES string of the molecule is CN=C(NCc1ccc(N2CCCCC2=O)cc1)NCC1CCCOC1c1ccc(C)cc1.I. The molecule has 2 aromatic carbocycles. The minimum absolute atomic E-state index is 0. The molecule has 0 aromatic heterocycles. The van der Waals surface area contributed by atoms with Gasteiger partial charge in [0.1, 0.15) is 0 Å². The van der Waals surface area contributed by atoms with Crippen LogP contribution in [0.2, 0.25) is 0 Å². The van der Waals surface area contributed by atoms with Crippen LogP contribution < -0.4 is 15.5 Å². The van der Waals surface area contributed by atoms with Crippen LogP contribution in [0.4, 0.5) is 5.69 Å². The predicted molar refractivity (Wildman–Crippen MR) is 149 cm³/mol. The third-order valence-corrected chi connectivity index (χ3v) is 6.64. The van der Waals surface area contributed by atoms with Gasteiger partial charge in [0.25, 0.3) is 0 Å². The molecule has 2 unspecified atom stereocenters. The van der Waals surface area contributed by atoms with Crippen molar-refractivity contribution >= 4 is 41.5 Å². The summed E-state index contributed by atoms with van der Waals surface area (Å²) in [4.78, 5) is 18.4. The molecule has 6 nitrogen and oxygen atoms in total. The van der Waals surface area contributed by atoms with Crippen LogP contribution in [-0.2, 0) is 16.1 Å². The molecule has 7 heteroatoms. The predicted octanol–water partition coefficient (Wildman–Crippen LogP) is 4.96. The Bertz CT molecular complexity index is 946. The fourth-order valence-electron chi connectivity index (χ4n) is 4.68. The van der Waals surface area contributed by atoms with Gasteiger partial charge in [0, 0.05) is 51.3 Å². The highest BCUT2D eigenvalue weighted by Crippen LogP contribution is 2.33. The first-order valence-electron chi connectivity index (χ1n) is 12.2. The normalized spacial score (nSPS) is 21.1. The van der Waals surface area contributed by atoms with Crippen LogP contribution >= 0.6 is 24.0 Å². The average Bonchev–Trinajstić information content (AvgIpc) is 2.86. The second-order valence-electron chi connectivity index (χ2n) is 9.08. The molecule has 2 aliphatic heterocycles. The lowest BCUT2D eigenvalue weighted by molar-refractivity contribution is -0.119. The Hall–Kier alpha value is -2.13. The van der Waals surface area contributed by atoms with E-state index in [2.05, 4.69) is 58.9 Å². The number of aryl methyl sites for hydroxylation is 1. The molecule has 2 aliphatic rings. The van der Waals surface area contributed by atoms with E-state index in [4.69, 9.17) is 4.74 Å². The number of anilines is 1. The molecule has 0 spiro atoms. The number of aliphatic imine (C=N–C) groups is 1. The van der Waals surface area contributed by atoms with Gasteiger partial charge in [-0.25, -0.2) is 0 Å². The van der Waals surface area contributed by atoms with Crippen molar-refractivity contribution < 1.29 is 9.53 Å². The summed E-state index contributed by atoms with van der Waals surface area (Å²) in [6.45, 7) is 5.24. The summed E-state index contributed by atoms with van der Waals surface area (Å²) in [6, 6.07) is 16.9. The first-order chi connectivity index (χ1) is 16.1. The van der Waals surface area contributed by atoms with Crippen molar-refractivity contribution in [3.05, 3.63) is 65.2 Å². The van der Waals surface area contributed by atoms with Crippen molar-refractivity contribution in [2.75, 3.05) is 31.6 Å².